The van der Waals surface area contributed by atoms with Crippen molar-refractivity contribution in [1.82, 2.24) is 10.6 Å². The molecule has 3 atom stereocenters. The smallest absolute Gasteiger partial charge is 0.407 e. The molecule has 3 amide bonds. The molecule has 0 spiro atoms. The zero-order chi connectivity index (χ0) is 30.9. The van der Waals surface area contributed by atoms with Crippen LogP contribution in [0.15, 0.2) is 72.8 Å². The molecule has 3 rings (SSSR count). The predicted molar refractivity (Wildman–Crippen MR) is 156 cm³/mol. The van der Waals surface area contributed by atoms with E-state index in [1.807, 2.05) is 30.3 Å². The van der Waals surface area contributed by atoms with Crippen molar-refractivity contribution in [2.24, 2.45) is 5.92 Å². The Hall–Kier alpha value is -4.31. The number of amides is 3. The van der Waals surface area contributed by atoms with Gasteiger partial charge in [-0.2, -0.15) is 0 Å². The molecule has 0 aliphatic rings. The highest BCUT2D eigenvalue weighted by atomic mass is 19.1. The number of carbonyl (C=O) groups is 3. The molecular weight excluding hydrogens is 544 g/mol. The van der Waals surface area contributed by atoms with Gasteiger partial charge in [0, 0.05) is 17.8 Å². The van der Waals surface area contributed by atoms with Crippen LogP contribution in [-0.2, 0) is 22.4 Å². The van der Waals surface area contributed by atoms with Gasteiger partial charge >= 0.3 is 6.09 Å². The lowest BCUT2D eigenvalue weighted by atomic mass is 10.00. The van der Waals surface area contributed by atoms with Crippen molar-refractivity contribution < 1.29 is 33.0 Å². The van der Waals surface area contributed by atoms with E-state index in [2.05, 4.69) is 16.0 Å². The minimum absolute atomic E-state index is 0.162. The van der Waals surface area contributed by atoms with Crippen LogP contribution in [0, 0.1) is 17.6 Å². The molecule has 0 saturated carbocycles. The van der Waals surface area contributed by atoms with Crippen LogP contribution in [0.2, 0.25) is 0 Å². The number of aliphatic hydroxyl groups is 1. The van der Waals surface area contributed by atoms with Crippen molar-refractivity contribution in [1.29, 1.82) is 0 Å². The van der Waals surface area contributed by atoms with Crippen molar-refractivity contribution in [3.8, 4) is 0 Å². The number of hydrogen-bond acceptors (Lipinski definition) is 5. The van der Waals surface area contributed by atoms with Gasteiger partial charge < -0.3 is 25.8 Å². The van der Waals surface area contributed by atoms with E-state index < -0.39 is 47.3 Å². The van der Waals surface area contributed by atoms with Crippen LogP contribution in [0.3, 0.4) is 0 Å². The molecule has 8 nitrogen and oxygen atoms in total. The Morgan fingerprint density at radius 3 is 2.33 bits per heavy atom. The second-order valence-corrected chi connectivity index (χ2v) is 11.2. The molecule has 42 heavy (non-hydrogen) atoms. The second-order valence-electron chi connectivity index (χ2n) is 11.2. The molecule has 4 N–H and O–H groups in total. The highest BCUT2D eigenvalue weighted by molar-refractivity contribution is 5.98. The van der Waals surface area contributed by atoms with Gasteiger partial charge in [0.05, 0.1) is 6.04 Å². The first-order valence-corrected chi connectivity index (χ1v) is 13.7. The number of carbonyl (C=O) groups excluding carboxylic acids is 3. The van der Waals surface area contributed by atoms with Crippen LogP contribution in [0.1, 0.15) is 49.2 Å². The number of aliphatic hydroxyl groups excluding tert-OH is 1. The summed E-state index contributed by atoms with van der Waals surface area (Å²) in [7, 11) is 0. The number of ether oxygens (including phenoxy) is 1. The largest absolute Gasteiger partial charge is 0.444 e. The maximum absolute atomic E-state index is 14.0. The summed E-state index contributed by atoms with van der Waals surface area (Å²) in [5.74, 6) is -2.42. The van der Waals surface area contributed by atoms with Gasteiger partial charge in [-0.15, -0.1) is 0 Å². The number of halogens is 2. The summed E-state index contributed by atoms with van der Waals surface area (Å²) >= 11 is 0. The quantitative estimate of drug-likeness (QED) is 0.254. The minimum Gasteiger partial charge on any atom is -0.444 e. The van der Waals surface area contributed by atoms with E-state index in [1.54, 1.807) is 45.9 Å². The summed E-state index contributed by atoms with van der Waals surface area (Å²) in [6.07, 6.45) is -2.02. The molecular formula is C32H37F2N3O5. The summed E-state index contributed by atoms with van der Waals surface area (Å²) in [5.41, 5.74) is 0.755. The predicted octanol–water partition coefficient (Wildman–Crippen LogP) is 5.01. The monoisotopic (exact) mass is 581 g/mol. The number of anilines is 1. The van der Waals surface area contributed by atoms with Gasteiger partial charge in [0.1, 0.15) is 17.2 Å². The SMILES string of the molecule is CC(CNC(=O)c1cccc(NC(=O)C(O)C(Cc2ccccc2)NC(=O)OC(C)(C)C)c1)Cc1cc(F)ccc1F. The van der Waals surface area contributed by atoms with Gasteiger partial charge in [-0.3, -0.25) is 9.59 Å². The van der Waals surface area contributed by atoms with E-state index in [-0.39, 0.29) is 42.1 Å². The molecule has 224 valence electrons. The Bertz CT molecular complexity index is 1380. The summed E-state index contributed by atoms with van der Waals surface area (Å²) < 4.78 is 32.7. The zero-order valence-electron chi connectivity index (χ0n) is 24.1. The van der Waals surface area contributed by atoms with Gasteiger partial charge in [-0.25, -0.2) is 13.6 Å². The summed E-state index contributed by atoms with van der Waals surface area (Å²) in [5, 5.41) is 18.9. The number of nitrogens with one attached hydrogen (secondary N) is 3. The number of benzene rings is 3. The number of hydrogen-bond donors (Lipinski definition) is 4. The molecule has 0 saturated heterocycles. The molecule has 0 fully saturated rings. The van der Waals surface area contributed by atoms with Gasteiger partial charge in [-0.05, 0) is 87.1 Å². The Morgan fingerprint density at radius 1 is 0.929 bits per heavy atom. The Morgan fingerprint density at radius 2 is 1.64 bits per heavy atom. The van der Waals surface area contributed by atoms with Gasteiger partial charge in [0.2, 0.25) is 0 Å². The maximum Gasteiger partial charge on any atom is 0.407 e. The Kier molecular flexibility index (Phi) is 11.2. The van der Waals surface area contributed by atoms with Crippen LogP contribution in [0.5, 0.6) is 0 Å². The Labute approximate surface area is 244 Å². The topological polar surface area (TPSA) is 117 Å². The van der Waals surface area contributed by atoms with E-state index in [4.69, 9.17) is 4.74 Å². The van der Waals surface area contributed by atoms with Gasteiger partial charge in [0.15, 0.2) is 6.10 Å². The molecule has 3 aromatic carbocycles. The van der Waals surface area contributed by atoms with E-state index >= 15 is 0 Å². The summed E-state index contributed by atoms with van der Waals surface area (Å²) in [4.78, 5) is 38.2. The standard InChI is InChI=1S/C32H37F2N3O5/c1-20(15-23-17-24(33)13-14-26(23)34)19-35-29(39)22-11-8-12-25(18-22)36-30(40)28(38)27(16-21-9-6-5-7-10-21)37-31(41)42-32(2,3)4/h5-14,17-18,20,27-28,38H,15-16,19H2,1-4H3,(H,35,39)(H,36,40)(H,37,41). The highest BCUT2D eigenvalue weighted by Crippen LogP contribution is 2.16. The lowest BCUT2D eigenvalue weighted by Gasteiger charge is -2.26. The van der Waals surface area contributed by atoms with E-state index in [0.29, 0.717) is 0 Å². The van der Waals surface area contributed by atoms with Gasteiger partial charge in [-0.1, -0.05) is 43.3 Å². The normalized spacial score (nSPS) is 13.4. The van der Waals surface area contributed by atoms with Crippen LogP contribution in [0.4, 0.5) is 19.3 Å². The van der Waals surface area contributed by atoms with E-state index in [1.165, 1.54) is 6.07 Å². The average molecular weight is 582 g/mol. The van der Waals surface area contributed by atoms with Crippen LogP contribution < -0.4 is 16.0 Å². The van der Waals surface area contributed by atoms with E-state index in [0.717, 1.165) is 23.8 Å². The molecule has 0 bridgehead atoms. The molecule has 0 aromatic heterocycles. The Balaban J connectivity index is 1.63. The zero-order valence-corrected chi connectivity index (χ0v) is 24.1. The number of alkyl carbamates (subject to hydrolysis) is 1. The lowest BCUT2D eigenvalue weighted by Crippen LogP contribution is -2.51. The van der Waals surface area contributed by atoms with Gasteiger partial charge in [0.25, 0.3) is 11.8 Å². The first-order valence-electron chi connectivity index (χ1n) is 13.7. The third-order valence-corrected chi connectivity index (χ3v) is 6.23. The summed E-state index contributed by atoms with van der Waals surface area (Å²) in [6.45, 7) is 7.13. The summed E-state index contributed by atoms with van der Waals surface area (Å²) in [6, 6.07) is 17.5. The molecule has 0 aliphatic carbocycles. The second kappa shape index (κ2) is 14.5. The van der Waals surface area contributed by atoms with Crippen LogP contribution in [-0.4, -0.2) is 47.3 Å². The first kappa shape index (κ1) is 32.2. The number of rotatable bonds is 11. The fraction of sp³-hybridized carbons (Fsp3) is 0.344. The lowest BCUT2D eigenvalue weighted by molar-refractivity contribution is -0.125. The van der Waals surface area contributed by atoms with Crippen molar-refractivity contribution >= 4 is 23.6 Å². The molecule has 0 aliphatic heterocycles. The minimum atomic E-state index is -1.64. The third kappa shape index (κ3) is 10.3. The van der Waals surface area contributed by atoms with Crippen molar-refractivity contribution in [2.75, 3.05) is 11.9 Å². The fourth-order valence-corrected chi connectivity index (χ4v) is 4.22. The molecule has 0 heterocycles. The highest BCUT2D eigenvalue weighted by Gasteiger charge is 2.30. The maximum atomic E-state index is 14.0. The third-order valence-electron chi connectivity index (χ3n) is 6.23. The van der Waals surface area contributed by atoms with Crippen LogP contribution in [0.25, 0.3) is 0 Å². The fourth-order valence-electron chi connectivity index (χ4n) is 4.22. The molecule has 10 heteroatoms. The van der Waals surface area contributed by atoms with Crippen molar-refractivity contribution in [3.05, 3.63) is 101 Å². The van der Waals surface area contributed by atoms with E-state index in [9.17, 15) is 28.3 Å². The van der Waals surface area contributed by atoms with Crippen molar-refractivity contribution in [2.45, 2.75) is 58.3 Å². The van der Waals surface area contributed by atoms with Crippen LogP contribution >= 0.6 is 0 Å². The first-order chi connectivity index (χ1) is 19.8. The average Bonchev–Trinajstić information content (AvgIpc) is 2.92. The van der Waals surface area contributed by atoms with Crippen molar-refractivity contribution in [3.63, 3.8) is 0 Å². The molecule has 3 unspecified atom stereocenters. The molecule has 0 radical (unpaired) electrons. The molecule has 3 aromatic rings.